The predicted molar refractivity (Wildman–Crippen MR) is 69.3 cm³/mol. The molecule has 0 aliphatic carbocycles. The third-order valence-corrected chi connectivity index (χ3v) is 3.59. The van der Waals surface area contributed by atoms with Crippen molar-refractivity contribution >= 4 is 11.9 Å². The standard InChI is InChI=1S/C14H17NO4/c1-14(13(17)18)6-7-15(9-14)12(16)10-4-3-5-11(8-10)19-2/h3-5,8H,6-7,9H2,1-2H3,(H,17,18)/t14-/m1/s1. The minimum absolute atomic E-state index is 0.149. The van der Waals surface area contributed by atoms with Gasteiger partial charge in [-0.1, -0.05) is 6.07 Å². The predicted octanol–water partition coefficient (Wildman–Crippen LogP) is 1.63. The molecule has 0 saturated carbocycles. The number of ether oxygens (including phenoxy) is 1. The van der Waals surface area contributed by atoms with Gasteiger partial charge in [0.2, 0.25) is 0 Å². The van der Waals surface area contributed by atoms with E-state index in [0.717, 1.165) is 0 Å². The van der Waals surface area contributed by atoms with Crippen molar-refractivity contribution in [2.75, 3.05) is 20.2 Å². The van der Waals surface area contributed by atoms with E-state index in [0.29, 0.717) is 24.3 Å². The van der Waals surface area contributed by atoms with Crippen molar-refractivity contribution in [2.45, 2.75) is 13.3 Å². The Morgan fingerprint density at radius 3 is 2.74 bits per heavy atom. The fourth-order valence-electron chi connectivity index (χ4n) is 2.25. The van der Waals surface area contributed by atoms with Gasteiger partial charge in [0.25, 0.3) is 5.91 Å². The number of aliphatic carboxylic acids is 1. The van der Waals surface area contributed by atoms with Gasteiger partial charge in [0, 0.05) is 18.7 Å². The topological polar surface area (TPSA) is 66.8 Å². The fraction of sp³-hybridized carbons (Fsp3) is 0.429. The van der Waals surface area contributed by atoms with Gasteiger partial charge in [0.1, 0.15) is 5.75 Å². The molecule has 1 heterocycles. The number of carboxylic acids is 1. The molecule has 1 atom stereocenters. The molecule has 5 nitrogen and oxygen atoms in total. The smallest absolute Gasteiger partial charge is 0.311 e. The van der Waals surface area contributed by atoms with Gasteiger partial charge in [-0.25, -0.2) is 0 Å². The summed E-state index contributed by atoms with van der Waals surface area (Å²) in [6.45, 7) is 2.39. The number of likely N-dealkylation sites (tertiary alicyclic amines) is 1. The van der Waals surface area contributed by atoms with Gasteiger partial charge in [-0.3, -0.25) is 9.59 Å². The SMILES string of the molecule is COc1cccc(C(=O)N2CC[C@@](C)(C(=O)O)C2)c1. The van der Waals surface area contributed by atoms with Crippen molar-refractivity contribution in [3.05, 3.63) is 29.8 Å². The van der Waals surface area contributed by atoms with Gasteiger partial charge in [0.05, 0.1) is 12.5 Å². The molecule has 1 aromatic carbocycles. The minimum atomic E-state index is -0.853. The Morgan fingerprint density at radius 1 is 1.42 bits per heavy atom. The molecule has 1 aliphatic heterocycles. The van der Waals surface area contributed by atoms with Crippen molar-refractivity contribution in [2.24, 2.45) is 5.41 Å². The number of benzene rings is 1. The molecule has 1 aromatic rings. The largest absolute Gasteiger partial charge is 0.497 e. The number of hydrogen-bond acceptors (Lipinski definition) is 3. The van der Waals surface area contributed by atoms with Crippen LogP contribution in [-0.4, -0.2) is 42.1 Å². The number of methoxy groups -OCH3 is 1. The lowest BCUT2D eigenvalue weighted by Crippen LogP contribution is -2.34. The Bertz CT molecular complexity index is 514. The Hall–Kier alpha value is -2.04. The zero-order valence-corrected chi connectivity index (χ0v) is 11.0. The first-order valence-corrected chi connectivity index (χ1v) is 6.13. The van der Waals surface area contributed by atoms with Crippen LogP contribution in [0.5, 0.6) is 5.75 Å². The molecule has 0 aromatic heterocycles. The van der Waals surface area contributed by atoms with Gasteiger partial charge in [-0.15, -0.1) is 0 Å². The zero-order chi connectivity index (χ0) is 14.0. The highest BCUT2D eigenvalue weighted by atomic mass is 16.5. The number of carbonyl (C=O) groups is 2. The molecule has 1 amide bonds. The third-order valence-electron chi connectivity index (χ3n) is 3.59. The Kier molecular flexibility index (Phi) is 3.46. The summed E-state index contributed by atoms with van der Waals surface area (Å²) in [6, 6.07) is 6.89. The monoisotopic (exact) mass is 263 g/mol. The number of carbonyl (C=O) groups excluding carboxylic acids is 1. The Morgan fingerprint density at radius 2 is 2.16 bits per heavy atom. The van der Waals surface area contributed by atoms with Crippen molar-refractivity contribution in [3.63, 3.8) is 0 Å². The molecule has 102 valence electrons. The summed E-state index contributed by atoms with van der Waals surface area (Å²) in [5, 5.41) is 9.17. The highest BCUT2D eigenvalue weighted by molar-refractivity contribution is 5.95. The molecule has 0 bridgehead atoms. The maximum atomic E-state index is 12.3. The van der Waals surface area contributed by atoms with Crippen LogP contribution in [0.2, 0.25) is 0 Å². The summed E-state index contributed by atoms with van der Waals surface area (Å²) in [5.41, 5.74) is -0.317. The molecule has 19 heavy (non-hydrogen) atoms. The molecule has 0 spiro atoms. The molecule has 5 heteroatoms. The molecule has 1 saturated heterocycles. The maximum Gasteiger partial charge on any atom is 0.311 e. The average Bonchev–Trinajstić information content (AvgIpc) is 2.82. The Labute approximate surface area is 111 Å². The van der Waals surface area contributed by atoms with E-state index in [-0.39, 0.29) is 12.5 Å². The lowest BCUT2D eigenvalue weighted by atomic mass is 9.90. The van der Waals surface area contributed by atoms with E-state index >= 15 is 0 Å². The van der Waals surface area contributed by atoms with E-state index in [9.17, 15) is 9.59 Å². The summed E-state index contributed by atoms with van der Waals surface area (Å²) in [7, 11) is 1.54. The molecule has 1 fully saturated rings. The van der Waals surface area contributed by atoms with Gasteiger partial charge in [0.15, 0.2) is 0 Å². The highest BCUT2D eigenvalue weighted by Crippen LogP contribution is 2.31. The number of rotatable bonds is 3. The molecule has 2 rings (SSSR count). The second kappa shape index (κ2) is 4.91. The molecular weight excluding hydrogens is 246 g/mol. The number of nitrogens with zero attached hydrogens (tertiary/aromatic N) is 1. The lowest BCUT2D eigenvalue weighted by Gasteiger charge is -2.20. The first kappa shape index (κ1) is 13.4. The minimum Gasteiger partial charge on any atom is -0.497 e. The molecular formula is C14H17NO4. The molecule has 0 radical (unpaired) electrons. The average molecular weight is 263 g/mol. The van der Waals surface area contributed by atoms with E-state index in [2.05, 4.69) is 0 Å². The third kappa shape index (κ3) is 2.54. The van der Waals surface area contributed by atoms with Crippen LogP contribution < -0.4 is 4.74 Å². The summed E-state index contributed by atoms with van der Waals surface area (Å²) in [5.74, 6) is -0.386. The van der Waals surface area contributed by atoms with Gasteiger partial charge < -0.3 is 14.7 Å². The Balaban J connectivity index is 2.15. The molecule has 0 unspecified atom stereocenters. The summed E-state index contributed by atoms with van der Waals surface area (Å²) < 4.78 is 5.08. The zero-order valence-electron chi connectivity index (χ0n) is 11.0. The van der Waals surface area contributed by atoms with Crippen LogP contribution in [0.4, 0.5) is 0 Å². The van der Waals surface area contributed by atoms with Crippen LogP contribution in [0.25, 0.3) is 0 Å². The summed E-state index contributed by atoms with van der Waals surface area (Å²) >= 11 is 0. The second-order valence-corrected chi connectivity index (χ2v) is 5.07. The van der Waals surface area contributed by atoms with Crippen LogP contribution in [0.1, 0.15) is 23.7 Å². The van der Waals surface area contributed by atoms with Crippen LogP contribution in [-0.2, 0) is 4.79 Å². The van der Waals surface area contributed by atoms with E-state index in [1.165, 1.54) is 0 Å². The van der Waals surface area contributed by atoms with Crippen LogP contribution in [0.3, 0.4) is 0 Å². The second-order valence-electron chi connectivity index (χ2n) is 5.07. The van der Waals surface area contributed by atoms with E-state index in [1.807, 2.05) is 0 Å². The van der Waals surface area contributed by atoms with Gasteiger partial charge in [-0.05, 0) is 31.5 Å². The first-order valence-electron chi connectivity index (χ1n) is 6.13. The van der Waals surface area contributed by atoms with Gasteiger partial charge >= 0.3 is 5.97 Å². The van der Waals surface area contributed by atoms with E-state index in [4.69, 9.17) is 9.84 Å². The fourth-order valence-corrected chi connectivity index (χ4v) is 2.25. The molecule has 1 N–H and O–H groups in total. The first-order chi connectivity index (χ1) is 8.96. The summed E-state index contributed by atoms with van der Waals surface area (Å²) in [6.07, 6.45) is 0.484. The lowest BCUT2D eigenvalue weighted by molar-refractivity contribution is -0.147. The van der Waals surface area contributed by atoms with Crippen LogP contribution in [0.15, 0.2) is 24.3 Å². The number of amides is 1. The van der Waals surface area contributed by atoms with Crippen molar-refractivity contribution in [1.82, 2.24) is 4.90 Å². The van der Waals surface area contributed by atoms with Gasteiger partial charge in [-0.2, -0.15) is 0 Å². The van der Waals surface area contributed by atoms with E-state index in [1.54, 1.807) is 43.2 Å². The van der Waals surface area contributed by atoms with Crippen LogP contribution in [0, 0.1) is 5.41 Å². The number of carboxylic acid groups (broad SMARTS) is 1. The normalized spacial score (nSPS) is 22.3. The van der Waals surface area contributed by atoms with Crippen molar-refractivity contribution in [3.8, 4) is 5.75 Å². The quantitative estimate of drug-likeness (QED) is 0.900. The van der Waals surface area contributed by atoms with Crippen molar-refractivity contribution in [1.29, 1.82) is 0 Å². The van der Waals surface area contributed by atoms with Crippen LogP contribution >= 0.6 is 0 Å². The number of hydrogen-bond donors (Lipinski definition) is 1. The van der Waals surface area contributed by atoms with Crippen molar-refractivity contribution < 1.29 is 19.4 Å². The van der Waals surface area contributed by atoms with E-state index < -0.39 is 11.4 Å². The highest BCUT2D eigenvalue weighted by Gasteiger charge is 2.42. The molecule has 1 aliphatic rings. The summed E-state index contributed by atoms with van der Waals surface area (Å²) in [4.78, 5) is 25.1. The maximum absolute atomic E-state index is 12.3.